The highest BCUT2D eigenvalue weighted by molar-refractivity contribution is 9.10. The maximum atomic E-state index is 13.6. The molecule has 88 valence electrons. The minimum atomic E-state index is -0.159. The Morgan fingerprint density at radius 3 is 2.75 bits per heavy atom. The van der Waals surface area contributed by atoms with Gasteiger partial charge in [0, 0.05) is 10.5 Å². The fraction of sp³-hybridized carbons (Fsp3) is 0.538. The first-order valence-corrected chi connectivity index (χ1v) is 6.56. The van der Waals surface area contributed by atoms with E-state index in [1.165, 1.54) is 18.9 Å². The number of halogens is 2. The van der Waals surface area contributed by atoms with Crippen molar-refractivity contribution in [1.29, 1.82) is 0 Å². The average molecular weight is 286 g/mol. The molecule has 1 saturated carbocycles. The van der Waals surface area contributed by atoms with Gasteiger partial charge in [-0.3, -0.25) is 0 Å². The lowest BCUT2D eigenvalue weighted by atomic mass is 9.92. The molecular weight excluding hydrogens is 269 g/mol. The van der Waals surface area contributed by atoms with Gasteiger partial charge in [0.25, 0.3) is 0 Å². The van der Waals surface area contributed by atoms with E-state index in [1.54, 1.807) is 0 Å². The first-order valence-electron chi connectivity index (χ1n) is 5.77. The summed E-state index contributed by atoms with van der Waals surface area (Å²) in [6.07, 6.45) is 3.21. The number of hydrogen-bond acceptors (Lipinski definition) is 1. The van der Waals surface area contributed by atoms with Crippen molar-refractivity contribution in [3.63, 3.8) is 0 Å². The van der Waals surface area contributed by atoms with E-state index in [0.717, 1.165) is 16.0 Å². The van der Waals surface area contributed by atoms with Crippen LogP contribution in [0.5, 0.6) is 0 Å². The van der Waals surface area contributed by atoms with Crippen molar-refractivity contribution in [3.8, 4) is 0 Å². The lowest BCUT2D eigenvalue weighted by molar-refractivity contribution is 0.400. The van der Waals surface area contributed by atoms with E-state index >= 15 is 0 Å². The second kappa shape index (κ2) is 4.84. The molecule has 1 fully saturated rings. The fourth-order valence-corrected chi connectivity index (χ4v) is 2.43. The first kappa shape index (κ1) is 12.1. The predicted molar refractivity (Wildman–Crippen MR) is 67.7 cm³/mol. The predicted octanol–water partition coefficient (Wildman–Crippen LogP) is 3.50. The number of hydrogen-bond donors (Lipinski definition) is 1. The maximum Gasteiger partial charge on any atom is 0.127 e. The summed E-state index contributed by atoms with van der Waals surface area (Å²) in [5, 5.41) is 0. The van der Waals surface area contributed by atoms with Crippen LogP contribution in [0.1, 0.15) is 25.3 Å². The normalized spacial score (nSPS) is 19.5. The Morgan fingerprint density at radius 2 is 2.19 bits per heavy atom. The van der Waals surface area contributed by atoms with Crippen LogP contribution in [-0.2, 0) is 6.42 Å². The second-order valence-electron chi connectivity index (χ2n) is 4.80. The number of benzene rings is 1. The van der Waals surface area contributed by atoms with Gasteiger partial charge in [0.05, 0.1) is 0 Å². The Balaban J connectivity index is 2.02. The molecule has 1 aliphatic rings. The average Bonchev–Trinajstić information content (AvgIpc) is 3.04. The summed E-state index contributed by atoms with van der Waals surface area (Å²) in [6.45, 7) is 2.18. The fourth-order valence-electron chi connectivity index (χ4n) is 2.10. The van der Waals surface area contributed by atoms with E-state index in [4.69, 9.17) is 5.73 Å². The van der Waals surface area contributed by atoms with Gasteiger partial charge in [-0.15, -0.1) is 0 Å². The van der Waals surface area contributed by atoms with E-state index in [9.17, 15) is 4.39 Å². The van der Waals surface area contributed by atoms with Crippen LogP contribution in [-0.4, -0.2) is 6.04 Å². The van der Waals surface area contributed by atoms with E-state index in [0.29, 0.717) is 12.3 Å². The van der Waals surface area contributed by atoms with Gasteiger partial charge in [0.1, 0.15) is 5.82 Å². The first-order chi connectivity index (χ1) is 7.58. The summed E-state index contributed by atoms with van der Waals surface area (Å²) in [7, 11) is 0. The molecule has 1 aromatic rings. The number of rotatable bonds is 4. The van der Waals surface area contributed by atoms with Gasteiger partial charge in [-0.1, -0.05) is 28.9 Å². The van der Waals surface area contributed by atoms with Crippen LogP contribution < -0.4 is 5.73 Å². The topological polar surface area (TPSA) is 26.0 Å². The van der Waals surface area contributed by atoms with Crippen LogP contribution in [0, 0.1) is 17.7 Å². The molecule has 0 spiro atoms. The van der Waals surface area contributed by atoms with Gasteiger partial charge < -0.3 is 5.73 Å². The highest BCUT2D eigenvalue weighted by atomic mass is 79.9. The van der Waals surface area contributed by atoms with Gasteiger partial charge in [0.2, 0.25) is 0 Å². The molecule has 0 aliphatic heterocycles. The standard InChI is InChI=1S/C13H17BrFN/c1-8(9-2-3-9)13(16)6-10-4-5-11(14)7-12(10)15/h4-5,7-9,13H,2-3,6,16H2,1H3. The molecule has 0 saturated heterocycles. The molecule has 2 atom stereocenters. The largest absolute Gasteiger partial charge is 0.327 e. The molecular formula is C13H17BrFN. The van der Waals surface area contributed by atoms with E-state index in [2.05, 4.69) is 22.9 Å². The van der Waals surface area contributed by atoms with Gasteiger partial charge in [-0.2, -0.15) is 0 Å². The van der Waals surface area contributed by atoms with Gasteiger partial charge in [-0.25, -0.2) is 4.39 Å². The SMILES string of the molecule is CC(C(N)Cc1ccc(Br)cc1F)C1CC1. The van der Waals surface area contributed by atoms with Crippen molar-refractivity contribution < 1.29 is 4.39 Å². The van der Waals surface area contributed by atoms with E-state index in [1.807, 2.05) is 12.1 Å². The number of nitrogens with two attached hydrogens (primary N) is 1. The van der Waals surface area contributed by atoms with Crippen LogP contribution in [0.4, 0.5) is 4.39 Å². The van der Waals surface area contributed by atoms with Crippen LogP contribution in [0.2, 0.25) is 0 Å². The monoisotopic (exact) mass is 285 g/mol. The van der Waals surface area contributed by atoms with Crippen molar-refractivity contribution >= 4 is 15.9 Å². The zero-order valence-corrected chi connectivity index (χ0v) is 11.0. The van der Waals surface area contributed by atoms with Crippen molar-refractivity contribution in [3.05, 3.63) is 34.1 Å². The van der Waals surface area contributed by atoms with Gasteiger partial charge in [-0.05, 0) is 48.8 Å². The Hall–Kier alpha value is -0.410. The smallest absolute Gasteiger partial charge is 0.127 e. The maximum absolute atomic E-state index is 13.6. The lowest BCUT2D eigenvalue weighted by Crippen LogP contribution is -2.32. The molecule has 3 heteroatoms. The molecule has 1 aliphatic carbocycles. The van der Waals surface area contributed by atoms with Crippen LogP contribution in [0.3, 0.4) is 0 Å². The lowest BCUT2D eigenvalue weighted by Gasteiger charge is -2.19. The van der Waals surface area contributed by atoms with Crippen LogP contribution in [0.15, 0.2) is 22.7 Å². The highest BCUT2D eigenvalue weighted by Crippen LogP contribution is 2.38. The van der Waals surface area contributed by atoms with Crippen molar-refractivity contribution in [2.45, 2.75) is 32.2 Å². The summed E-state index contributed by atoms with van der Waals surface area (Å²) >= 11 is 3.25. The van der Waals surface area contributed by atoms with Crippen LogP contribution in [0.25, 0.3) is 0 Å². The Kier molecular flexibility index (Phi) is 3.65. The molecule has 0 radical (unpaired) electrons. The molecule has 2 rings (SSSR count). The molecule has 16 heavy (non-hydrogen) atoms. The zero-order valence-electron chi connectivity index (χ0n) is 9.42. The van der Waals surface area contributed by atoms with Crippen LogP contribution >= 0.6 is 15.9 Å². The molecule has 2 unspecified atom stereocenters. The third-order valence-electron chi connectivity index (χ3n) is 3.51. The molecule has 0 bridgehead atoms. The summed E-state index contributed by atoms with van der Waals surface area (Å²) < 4.78 is 14.4. The quantitative estimate of drug-likeness (QED) is 0.900. The van der Waals surface area contributed by atoms with E-state index < -0.39 is 0 Å². The van der Waals surface area contributed by atoms with Crippen molar-refractivity contribution in [2.24, 2.45) is 17.6 Å². The minimum Gasteiger partial charge on any atom is -0.327 e. The minimum absolute atomic E-state index is 0.0724. The molecule has 0 heterocycles. The molecule has 2 N–H and O–H groups in total. The van der Waals surface area contributed by atoms with E-state index in [-0.39, 0.29) is 11.9 Å². The molecule has 0 aromatic heterocycles. The highest BCUT2D eigenvalue weighted by Gasteiger charge is 2.31. The molecule has 0 amide bonds. The zero-order chi connectivity index (χ0) is 11.7. The Morgan fingerprint density at radius 1 is 1.50 bits per heavy atom. The summed E-state index contributed by atoms with van der Waals surface area (Å²) in [6, 6.07) is 5.26. The van der Waals surface area contributed by atoms with Gasteiger partial charge >= 0.3 is 0 Å². The third-order valence-corrected chi connectivity index (χ3v) is 4.00. The van der Waals surface area contributed by atoms with Crippen molar-refractivity contribution in [1.82, 2.24) is 0 Å². The summed E-state index contributed by atoms with van der Waals surface area (Å²) in [4.78, 5) is 0. The summed E-state index contributed by atoms with van der Waals surface area (Å²) in [5.41, 5.74) is 6.84. The Bertz CT molecular complexity index is 376. The Labute approximate surface area is 104 Å². The third kappa shape index (κ3) is 2.83. The molecule has 1 aromatic carbocycles. The van der Waals surface area contributed by atoms with Gasteiger partial charge in [0.15, 0.2) is 0 Å². The second-order valence-corrected chi connectivity index (χ2v) is 5.72. The molecule has 1 nitrogen and oxygen atoms in total. The van der Waals surface area contributed by atoms with Crippen molar-refractivity contribution in [2.75, 3.05) is 0 Å². The summed E-state index contributed by atoms with van der Waals surface area (Å²) in [5.74, 6) is 1.12.